The highest BCUT2D eigenvalue weighted by atomic mass is 15.2. The van der Waals surface area contributed by atoms with Crippen LogP contribution < -0.4 is 5.32 Å². The molecule has 1 saturated heterocycles. The van der Waals surface area contributed by atoms with Gasteiger partial charge >= 0.3 is 0 Å². The first-order chi connectivity index (χ1) is 11.2. The second kappa shape index (κ2) is 7.60. The minimum absolute atomic E-state index is 0.533. The van der Waals surface area contributed by atoms with Crippen LogP contribution in [0.4, 0.5) is 5.69 Å². The predicted octanol–water partition coefficient (Wildman–Crippen LogP) is 4.28. The zero-order valence-electron chi connectivity index (χ0n) is 14.2. The number of anilines is 1. The summed E-state index contributed by atoms with van der Waals surface area (Å²) in [6.07, 6.45) is 6.31. The summed E-state index contributed by atoms with van der Waals surface area (Å²) in [5.74, 6) is 0.591. The predicted molar refractivity (Wildman–Crippen MR) is 96.7 cm³/mol. The lowest BCUT2D eigenvalue weighted by Crippen LogP contribution is -2.41. The van der Waals surface area contributed by atoms with Crippen molar-refractivity contribution in [3.8, 4) is 0 Å². The van der Waals surface area contributed by atoms with E-state index in [0.717, 1.165) is 13.1 Å². The average molecular weight is 309 g/mol. The molecule has 1 aliphatic heterocycles. The van der Waals surface area contributed by atoms with Crippen LogP contribution in [0, 0.1) is 0 Å². The molecule has 0 amide bonds. The molecule has 0 unspecified atom stereocenters. The highest BCUT2D eigenvalue weighted by molar-refractivity contribution is 5.46. The van der Waals surface area contributed by atoms with E-state index in [1.54, 1.807) is 0 Å². The second-order valence-corrected chi connectivity index (χ2v) is 6.86. The zero-order valence-corrected chi connectivity index (χ0v) is 14.2. The number of likely N-dealkylation sites (tertiary alicyclic amines) is 1. The van der Waals surface area contributed by atoms with Gasteiger partial charge in [0.25, 0.3) is 0 Å². The molecule has 1 N–H and O–H groups in total. The number of piperidine rings is 1. The highest BCUT2D eigenvalue weighted by Gasteiger charge is 2.19. The molecule has 1 aliphatic rings. The molecule has 2 aromatic rings. The smallest absolute Gasteiger partial charge is 0.0389 e. The van der Waals surface area contributed by atoms with Crippen LogP contribution in [-0.4, -0.2) is 29.0 Å². The quantitative estimate of drug-likeness (QED) is 0.893. The maximum atomic E-state index is 4.22. The molecule has 1 aromatic carbocycles. The molecule has 1 fully saturated rings. The van der Waals surface area contributed by atoms with Crippen LogP contribution in [-0.2, 0) is 6.54 Å². The maximum Gasteiger partial charge on any atom is 0.0389 e. The first-order valence-corrected chi connectivity index (χ1v) is 8.68. The van der Waals surface area contributed by atoms with E-state index in [0.29, 0.717) is 12.0 Å². The van der Waals surface area contributed by atoms with Gasteiger partial charge in [-0.05, 0) is 54.6 Å². The molecule has 3 nitrogen and oxygen atoms in total. The Hall–Kier alpha value is -1.87. The average Bonchev–Trinajstić information content (AvgIpc) is 2.57. The molecule has 3 rings (SSSR count). The number of hydrogen-bond acceptors (Lipinski definition) is 3. The number of pyridine rings is 1. The molecule has 0 bridgehead atoms. The van der Waals surface area contributed by atoms with Crippen molar-refractivity contribution in [2.45, 2.75) is 45.2 Å². The van der Waals surface area contributed by atoms with Crippen molar-refractivity contribution in [2.75, 3.05) is 18.4 Å². The van der Waals surface area contributed by atoms with Gasteiger partial charge in [-0.15, -0.1) is 0 Å². The van der Waals surface area contributed by atoms with Gasteiger partial charge in [-0.2, -0.15) is 0 Å². The molecule has 0 radical (unpaired) electrons. The van der Waals surface area contributed by atoms with Crippen molar-refractivity contribution in [2.24, 2.45) is 0 Å². The van der Waals surface area contributed by atoms with Gasteiger partial charge in [0.1, 0.15) is 0 Å². The van der Waals surface area contributed by atoms with E-state index in [1.165, 1.54) is 36.2 Å². The van der Waals surface area contributed by atoms with Crippen molar-refractivity contribution >= 4 is 5.69 Å². The van der Waals surface area contributed by atoms with Crippen LogP contribution in [0.15, 0.2) is 48.8 Å². The number of benzene rings is 1. The van der Waals surface area contributed by atoms with E-state index >= 15 is 0 Å². The summed E-state index contributed by atoms with van der Waals surface area (Å²) in [7, 11) is 0. The summed E-state index contributed by atoms with van der Waals surface area (Å²) in [5.41, 5.74) is 3.94. The fraction of sp³-hybridized carbons (Fsp3) is 0.450. The van der Waals surface area contributed by atoms with E-state index in [4.69, 9.17) is 0 Å². The van der Waals surface area contributed by atoms with Crippen LogP contribution in [0.1, 0.15) is 43.7 Å². The van der Waals surface area contributed by atoms with Gasteiger partial charge in [0.15, 0.2) is 0 Å². The summed E-state index contributed by atoms with van der Waals surface area (Å²) in [5, 5.41) is 3.71. The van der Waals surface area contributed by atoms with Gasteiger partial charge < -0.3 is 5.32 Å². The van der Waals surface area contributed by atoms with E-state index in [1.807, 2.05) is 18.5 Å². The standard InChI is InChI=1S/C20H27N3/c1-16(2)18-7-9-19(10-8-18)22-20-6-4-12-23(15-20)14-17-5-3-11-21-13-17/h3,5,7-11,13,16,20,22H,4,6,12,14-15H2,1-2H3/t20-/m0/s1. The van der Waals surface area contributed by atoms with Crippen LogP contribution in [0.25, 0.3) is 0 Å². The van der Waals surface area contributed by atoms with Crippen LogP contribution in [0.2, 0.25) is 0 Å². The lowest BCUT2D eigenvalue weighted by Gasteiger charge is -2.33. The Kier molecular flexibility index (Phi) is 5.29. The number of hydrogen-bond donors (Lipinski definition) is 1. The molecule has 122 valence electrons. The molecular formula is C20H27N3. The van der Waals surface area contributed by atoms with E-state index in [2.05, 4.69) is 59.4 Å². The van der Waals surface area contributed by atoms with Gasteiger partial charge in [0.05, 0.1) is 0 Å². The summed E-state index contributed by atoms with van der Waals surface area (Å²) in [6.45, 7) is 7.75. The van der Waals surface area contributed by atoms with Crippen LogP contribution in [0.5, 0.6) is 0 Å². The molecule has 0 aliphatic carbocycles. The molecule has 0 saturated carbocycles. The van der Waals surface area contributed by atoms with Gasteiger partial charge in [0.2, 0.25) is 0 Å². The van der Waals surface area contributed by atoms with E-state index in [9.17, 15) is 0 Å². The van der Waals surface area contributed by atoms with Crippen LogP contribution in [0.3, 0.4) is 0 Å². The molecule has 0 spiro atoms. The Balaban J connectivity index is 1.56. The summed E-state index contributed by atoms with van der Waals surface area (Å²) in [6, 6.07) is 13.6. The molecule has 1 atom stereocenters. The topological polar surface area (TPSA) is 28.2 Å². The van der Waals surface area contributed by atoms with Gasteiger partial charge in [0, 0.05) is 37.2 Å². The third kappa shape index (κ3) is 4.55. The van der Waals surface area contributed by atoms with Gasteiger partial charge in [-0.1, -0.05) is 32.0 Å². The number of rotatable bonds is 5. The Morgan fingerprint density at radius 1 is 1.22 bits per heavy atom. The first kappa shape index (κ1) is 16.0. The third-order valence-electron chi connectivity index (χ3n) is 4.58. The van der Waals surface area contributed by atoms with E-state index < -0.39 is 0 Å². The number of nitrogens with zero attached hydrogens (tertiary/aromatic N) is 2. The number of aromatic nitrogens is 1. The molecule has 3 heteroatoms. The molecule has 2 heterocycles. The van der Waals surface area contributed by atoms with Gasteiger partial charge in [-0.3, -0.25) is 9.88 Å². The van der Waals surface area contributed by atoms with E-state index in [-0.39, 0.29) is 0 Å². The van der Waals surface area contributed by atoms with Crippen molar-refractivity contribution in [3.63, 3.8) is 0 Å². The minimum Gasteiger partial charge on any atom is -0.381 e. The highest BCUT2D eigenvalue weighted by Crippen LogP contribution is 2.20. The molecular weight excluding hydrogens is 282 g/mol. The summed E-state index contributed by atoms with van der Waals surface area (Å²) < 4.78 is 0. The van der Waals surface area contributed by atoms with Crippen LogP contribution >= 0.6 is 0 Å². The Morgan fingerprint density at radius 3 is 2.74 bits per heavy atom. The maximum absolute atomic E-state index is 4.22. The Bertz CT molecular complexity index is 592. The lowest BCUT2D eigenvalue weighted by atomic mass is 10.0. The summed E-state index contributed by atoms with van der Waals surface area (Å²) in [4.78, 5) is 6.75. The Morgan fingerprint density at radius 2 is 2.04 bits per heavy atom. The van der Waals surface area contributed by atoms with Crippen molar-refractivity contribution in [1.82, 2.24) is 9.88 Å². The second-order valence-electron chi connectivity index (χ2n) is 6.86. The zero-order chi connectivity index (χ0) is 16.1. The SMILES string of the molecule is CC(C)c1ccc(N[C@H]2CCCN(Cc3cccnc3)C2)cc1. The Labute approximate surface area is 139 Å². The normalized spacial score (nSPS) is 19.0. The van der Waals surface area contributed by atoms with Crippen molar-refractivity contribution in [1.29, 1.82) is 0 Å². The van der Waals surface area contributed by atoms with Crippen molar-refractivity contribution in [3.05, 3.63) is 59.9 Å². The lowest BCUT2D eigenvalue weighted by molar-refractivity contribution is 0.208. The molecule has 23 heavy (non-hydrogen) atoms. The third-order valence-corrected chi connectivity index (χ3v) is 4.58. The fourth-order valence-electron chi connectivity index (χ4n) is 3.27. The molecule has 1 aromatic heterocycles. The van der Waals surface area contributed by atoms with Gasteiger partial charge in [-0.25, -0.2) is 0 Å². The monoisotopic (exact) mass is 309 g/mol. The fourth-order valence-corrected chi connectivity index (χ4v) is 3.27. The number of nitrogens with one attached hydrogen (secondary N) is 1. The minimum atomic E-state index is 0.533. The summed E-state index contributed by atoms with van der Waals surface area (Å²) >= 11 is 0. The first-order valence-electron chi connectivity index (χ1n) is 8.68. The largest absolute Gasteiger partial charge is 0.381 e. The van der Waals surface area contributed by atoms with Crippen molar-refractivity contribution < 1.29 is 0 Å².